The van der Waals surface area contributed by atoms with E-state index in [0.717, 1.165) is 0 Å². The van der Waals surface area contributed by atoms with Crippen molar-refractivity contribution in [2.75, 3.05) is 20.8 Å². The summed E-state index contributed by atoms with van der Waals surface area (Å²) in [4.78, 5) is 23.6. The van der Waals surface area contributed by atoms with Crippen LogP contribution in [0, 0.1) is 11.3 Å². The van der Waals surface area contributed by atoms with Gasteiger partial charge >= 0.3 is 11.9 Å². The minimum atomic E-state index is -0.743. The summed E-state index contributed by atoms with van der Waals surface area (Å²) in [6.45, 7) is 0.349. The molecule has 2 aromatic rings. The maximum absolute atomic E-state index is 12.1. The van der Waals surface area contributed by atoms with Gasteiger partial charge in [0.2, 0.25) is 0 Å². The summed E-state index contributed by atoms with van der Waals surface area (Å²) in [5, 5.41) is 9.66. The molecule has 7 nitrogen and oxygen atoms in total. The average Bonchev–Trinajstić information content (AvgIpc) is 2.76. The van der Waals surface area contributed by atoms with Gasteiger partial charge < -0.3 is 18.9 Å². The van der Waals surface area contributed by atoms with Crippen LogP contribution >= 0.6 is 11.6 Å². The summed E-state index contributed by atoms with van der Waals surface area (Å²) in [7, 11) is 2.61. The Morgan fingerprint density at radius 2 is 1.83 bits per heavy atom. The van der Waals surface area contributed by atoms with Gasteiger partial charge in [-0.15, -0.1) is 0 Å². The van der Waals surface area contributed by atoms with Crippen molar-refractivity contribution in [2.24, 2.45) is 0 Å². The van der Waals surface area contributed by atoms with E-state index in [4.69, 9.17) is 31.1 Å². The van der Waals surface area contributed by atoms with E-state index >= 15 is 0 Å². The predicted molar refractivity (Wildman–Crippen MR) is 110 cm³/mol. The Morgan fingerprint density at radius 1 is 1.10 bits per heavy atom. The summed E-state index contributed by atoms with van der Waals surface area (Å²) < 4.78 is 20.7. The highest BCUT2D eigenvalue weighted by atomic mass is 35.5. The molecule has 0 aromatic heterocycles. The quantitative estimate of drug-likeness (QED) is 0.194. The van der Waals surface area contributed by atoms with Crippen LogP contribution in [0.2, 0.25) is 5.02 Å². The van der Waals surface area contributed by atoms with Gasteiger partial charge in [-0.25, -0.2) is 4.79 Å². The van der Waals surface area contributed by atoms with Crippen molar-refractivity contribution >= 4 is 29.6 Å². The first kappa shape index (κ1) is 22.8. The highest BCUT2D eigenvalue weighted by Gasteiger charge is 2.13. The van der Waals surface area contributed by atoms with E-state index < -0.39 is 11.9 Å². The molecule has 0 bridgehead atoms. The Balaban J connectivity index is 1.93. The third-order valence-electron chi connectivity index (χ3n) is 3.86. The Bertz CT molecular complexity index is 963. The normalized spacial score (nSPS) is 10.7. The van der Waals surface area contributed by atoms with Crippen LogP contribution < -0.4 is 14.2 Å². The van der Waals surface area contributed by atoms with Crippen LogP contribution in [0.4, 0.5) is 0 Å². The molecule has 8 heteroatoms. The van der Waals surface area contributed by atoms with E-state index in [1.54, 1.807) is 42.5 Å². The number of nitriles is 1. The standard InChI is InChI=1S/C22H20ClNO6/c1-27-20-13-15(12-16(14-24)22(26)28-2)5-10-19(20)30-21(25)4-3-11-29-18-8-6-17(23)7-9-18/h5-10,12-13H,3-4,11H2,1-2H3/b16-12+. The van der Waals surface area contributed by atoms with Crippen molar-refractivity contribution in [3.63, 3.8) is 0 Å². The van der Waals surface area contributed by atoms with Gasteiger partial charge in [0.15, 0.2) is 11.5 Å². The number of nitrogens with zero attached hydrogens (tertiary/aromatic N) is 1. The molecule has 0 unspecified atom stereocenters. The van der Waals surface area contributed by atoms with E-state index in [1.807, 2.05) is 0 Å². The second-order valence-corrected chi connectivity index (χ2v) is 6.39. The summed E-state index contributed by atoms with van der Waals surface area (Å²) >= 11 is 5.81. The number of methoxy groups -OCH3 is 2. The van der Waals surface area contributed by atoms with Crippen LogP contribution in [0.1, 0.15) is 18.4 Å². The van der Waals surface area contributed by atoms with Crippen molar-refractivity contribution < 1.29 is 28.5 Å². The molecule has 0 saturated carbocycles. The maximum atomic E-state index is 12.1. The van der Waals surface area contributed by atoms with Gasteiger partial charge in [0.1, 0.15) is 17.4 Å². The van der Waals surface area contributed by atoms with Crippen molar-refractivity contribution in [3.05, 3.63) is 58.6 Å². The van der Waals surface area contributed by atoms with Gasteiger partial charge in [-0.2, -0.15) is 5.26 Å². The van der Waals surface area contributed by atoms with E-state index in [-0.39, 0.29) is 23.5 Å². The van der Waals surface area contributed by atoms with Crippen LogP contribution in [0.3, 0.4) is 0 Å². The van der Waals surface area contributed by atoms with Crippen molar-refractivity contribution in [2.45, 2.75) is 12.8 Å². The van der Waals surface area contributed by atoms with Crippen LogP contribution in [0.15, 0.2) is 48.0 Å². The smallest absolute Gasteiger partial charge is 0.348 e. The Hall–Kier alpha value is -3.50. The minimum absolute atomic E-state index is 0.152. The first-order valence-electron chi connectivity index (χ1n) is 8.94. The molecule has 2 aromatic carbocycles. The molecule has 0 atom stereocenters. The Labute approximate surface area is 179 Å². The fraction of sp³-hybridized carbons (Fsp3) is 0.227. The van der Waals surface area contributed by atoms with E-state index in [1.165, 1.54) is 26.4 Å². The molecule has 156 valence electrons. The lowest BCUT2D eigenvalue weighted by molar-refractivity contribution is -0.136. The SMILES string of the molecule is COC(=O)/C(C#N)=C/c1ccc(OC(=O)CCCOc2ccc(Cl)cc2)c(OC)c1. The second-order valence-electron chi connectivity index (χ2n) is 5.95. The van der Waals surface area contributed by atoms with Crippen LogP contribution in [-0.4, -0.2) is 32.8 Å². The number of carbonyl (C=O) groups excluding carboxylic acids is 2. The van der Waals surface area contributed by atoms with Gasteiger partial charge in [0, 0.05) is 11.4 Å². The van der Waals surface area contributed by atoms with Gasteiger partial charge in [-0.3, -0.25) is 4.79 Å². The lowest BCUT2D eigenvalue weighted by Crippen LogP contribution is -2.10. The fourth-order valence-electron chi connectivity index (χ4n) is 2.38. The summed E-state index contributed by atoms with van der Waals surface area (Å²) in [5.74, 6) is 0.00431. The molecular formula is C22H20ClNO6. The van der Waals surface area contributed by atoms with Gasteiger partial charge in [0.05, 0.1) is 20.8 Å². The lowest BCUT2D eigenvalue weighted by atomic mass is 10.1. The molecule has 0 fully saturated rings. The largest absolute Gasteiger partial charge is 0.494 e. The highest BCUT2D eigenvalue weighted by Crippen LogP contribution is 2.29. The minimum Gasteiger partial charge on any atom is -0.494 e. The summed E-state index contributed by atoms with van der Waals surface area (Å²) in [6, 6.07) is 13.4. The monoisotopic (exact) mass is 429 g/mol. The molecule has 2 rings (SSSR count). The predicted octanol–water partition coefficient (Wildman–Crippen LogP) is 4.19. The molecule has 0 N–H and O–H groups in total. The Morgan fingerprint density at radius 3 is 2.47 bits per heavy atom. The van der Waals surface area contributed by atoms with Crippen LogP contribution in [-0.2, 0) is 14.3 Å². The number of esters is 2. The zero-order valence-electron chi connectivity index (χ0n) is 16.5. The lowest BCUT2D eigenvalue weighted by Gasteiger charge is -2.10. The molecule has 0 aliphatic rings. The Kier molecular flexibility index (Phi) is 8.73. The number of halogens is 1. The maximum Gasteiger partial charge on any atom is 0.348 e. The number of hydrogen-bond donors (Lipinski definition) is 0. The molecule has 30 heavy (non-hydrogen) atoms. The van der Waals surface area contributed by atoms with E-state index in [0.29, 0.717) is 29.4 Å². The van der Waals surface area contributed by atoms with E-state index in [2.05, 4.69) is 4.74 Å². The van der Waals surface area contributed by atoms with Gasteiger partial charge in [0.25, 0.3) is 0 Å². The molecular weight excluding hydrogens is 410 g/mol. The van der Waals surface area contributed by atoms with Gasteiger partial charge in [-0.1, -0.05) is 17.7 Å². The van der Waals surface area contributed by atoms with Crippen molar-refractivity contribution in [1.82, 2.24) is 0 Å². The van der Waals surface area contributed by atoms with Gasteiger partial charge in [-0.05, 0) is 54.5 Å². The molecule has 0 spiro atoms. The molecule has 0 amide bonds. The number of benzene rings is 2. The molecule has 0 heterocycles. The zero-order chi connectivity index (χ0) is 21.9. The average molecular weight is 430 g/mol. The second kappa shape index (κ2) is 11.5. The number of rotatable bonds is 9. The summed E-state index contributed by atoms with van der Waals surface area (Å²) in [6.07, 6.45) is 1.97. The highest BCUT2D eigenvalue weighted by molar-refractivity contribution is 6.30. The topological polar surface area (TPSA) is 94.9 Å². The zero-order valence-corrected chi connectivity index (χ0v) is 17.3. The number of carbonyl (C=O) groups is 2. The summed E-state index contributed by atoms with van der Waals surface area (Å²) in [5.41, 5.74) is 0.356. The van der Waals surface area contributed by atoms with Crippen molar-refractivity contribution in [3.8, 4) is 23.3 Å². The molecule has 0 radical (unpaired) electrons. The third kappa shape index (κ3) is 6.83. The van der Waals surface area contributed by atoms with Crippen LogP contribution in [0.25, 0.3) is 6.08 Å². The first-order valence-corrected chi connectivity index (χ1v) is 9.31. The fourth-order valence-corrected chi connectivity index (χ4v) is 2.51. The number of ether oxygens (including phenoxy) is 4. The third-order valence-corrected chi connectivity index (χ3v) is 4.11. The van der Waals surface area contributed by atoms with E-state index in [9.17, 15) is 9.59 Å². The molecule has 0 saturated heterocycles. The molecule has 0 aliphatic carbocycles. The number of hydrogen-bond acceptors (Lipinski definition) is 7. The van der Waals surface area contributed by atoms with Crippen molar-refractivity contribution in [1.29, 1.82) is 5.26 Å². The first-order chi connectivity index (χ1) is 14.5. The molecule has 0 aliphatic heterocycles. The van der Waals surface area contributed by atoms with Crippen LogP contribution in [0.5, 0.6) is 17.2 Å².